The van der Waals surface area contributed by atoms with E-state index in [2.05, 4.69) is 4.85 Å². The van der Waals surface area contributed by atoms with Crippen LogP contribution in [0.5, 0.6) is 0 Å². The van der Waals surface area contributed by atoms with E-state index in [0.717, 1.165) is 18.4 Å². The molecule has 1 aromatic carbocycles. The van der Waals surface area contributed by atoms with Crippen molar-refractivity contribution < 1.29 is 9.90 Å². The molecule has 0 amide bonds. The Morgan fingerprint density at radius 1 is 1.47 bits per heavy atom. The highest BCUT2D eigenvalue weighted by Gasteiger charge is 2.52. The van der Waals surface area contributed by atoms with Gasteiger partial charge in [0, 0.05) is 23.4 Å². The predicted octanol–water partition coefficient (Wildman–Crippen LogP) is 2.95. The van der Waals surface area contributed by atoms with Crippen molar-refractivity contribution in [3.63, 3.8) is 0 Å². The molecule has 2 rings (SSSR count). The fraction of sp³-hybridized carbons (Fsp3) is 0.273. The first-order chi connectivity index (χ1) is 7.07. The normalized spacial score (nSPS) is 16.8. The molecule has 0 aromatic heterocycles. The molecule has 0 bridgehead atoms. The quantitative estimate of drug-likeness (QED) is 0.781. The molecule has 1 aliphatic carbocycles. The SMILES string of the molecule is [C-]#[N+]C1(c2cc(Cl)cc(C(=O)O)c2)CC1. The number of nitrogens with zero attached hydrogens (tertiary/aromatic N) is 1. The molecule has 1 fully saturated rings. The molecule has 1 aliphatic rings. The van der Waals surface area contributed by atoms with E-state index in [9.17, 15) is 4.79 Å². The van der Waals surface area contributed by atoms with Crippen LogP contribution in [0.15, 0.2) is 18.2 Å². The topological polar surface area (TPSA) is 41.7 Å². The average molecular weight is 222 g/mol. The second-order valence-corrected chi connectivity index (χ2v) is 4.11. The summed E-state index contributed by atoms with van der Waals surface area (Å²) in [7, 11) is 0. The molecule has 4 heteroatoms. The molecule has 1 aromatic rings. The van der Waals surface area contributed by atoms with Crippen LogP contribution in [0.3, 0.4) is 0 Å². The van der Waals surface area contributed by atoms with Crippen molar-refractivity contribution in [2.24, 2.45) is 0 Å². The van der Waals surface area contributed by atoms with Gasteiger partial charge in [0.1, 0.15) is 0 Å². The molecule has 0 unspecified atom stereocenters. The summed E-state index contributed by atoms with van der Waals surface area (Å²) in [5, 5.41) is 9.23. The number of aromatic carboxylic acids is 1. The summed E-state index contributed by atoms with van der Waals surface area (Å²) in [6.07, 6.45) is 1.58. The van der Waals surface area contributed by atoms with Crippen molar-refractivity contribution in [2.75, 3.05) is 0 Å². The molecular weight excluding hydrogens is 214 g/mol. The summed E-state index contributed by atoms with van der Waals surface area (Å²) in [5.41, 5.74) is 0.365. The monoisotopic (exact) mass is 221 g/mol. The number of carboxylic acid groups (broad SMARTS) is 1. The summed E-state index contributed by atoms with van der Waals surface area (Å²) in [5.74, 6) is -1.01. The highest BCUT2D eigenvalue weighted by atomic mass is 35.5. The zero-order valence-corrected chi connectivity index (χ0v) is 8.58. The van der Waals surface area contributed by atoms with Crippen molar-refractivity contribution in [3.05, 3.63) is 45.8 Å². The molecule has 3 nitrogen and oxygen atoms in total. The van der Waals surface area contributed by atoms with Crippen molar-refractivity contribution in [2.45, 2.75) is 18.4 Å². The number of benzene rings is 1. The lowest BCUT2D eigenvalue weighted by atomic mass is 10.0. The summed E-state index contributed by atoms with van der Waals surface area (Å²) < 4.78 is 0. The van der Waals surface area contributed by atoms with Crippen molar-refractivity contribution in [1.82, 2.24) is 0 Å². The van der Waals surface area contributed by atoms with E-state index < -0.39 is 11.5 Å². The molecule has 0 atom stereocenters. The van der Waals surface area contributed by atoms with Gasteiger partial charge in [-0.25, -0.2) is 11.4 Å². The summed E-state index contributed by atoms with van der Waals surface area (Å²) in [6, 6.07) is 4.62. The minimum Gasteiger partial charge on any atom is -0.478 e. The third kappa shape index (κ3) is 1.69. The van der Waals surface area contributed by atoms with Crippen molar-refractivity contribution in [3.8, 4) is 0 Å². The summed E-state index contributed by atoms with van der Waals surface area (Å²) in [6.45, 7) is 7.09. The van der Waals surface area contributed by atoms with Gasteiger partial charge in [-0.3, -0.25) is 0 Å². The second-order valence-electron chi connectivity index (χ2n) is 3.68. The van der Waals surface area contributed by atoms with Crippen LogP contribution in [-0.4, -0.2) is 11.1 Å². The standard InChI is InChI=1S/C11H8ClNO2/c1-13-11(2-3-11)8-4-7(10(14)15)5-9(12)6-8/h4-6H,2-3H2,(H,14,15). The fourth-order valence-corrected chi connectivity index (χ4v) is 1.80. The lowest BCUT2D eigenvalue weighted by molar-refractivity contribution is 0.0697. The van der Waals surface area contributed by atoms with Gasteiger partial charge in [-0.1, -0.05) is 11.6 Å². The van der Waals surface area contributed by atoms with Gasteiger partial charge in [-0.2, -0.15) is 0 Å². The van der Waals surface area contributed by atoms with Gasteiger partial charge in [0.15, 0.2) is 0 Å². The number of carbonyl (C=O) groups is 1. The number of carboxylic acids is 1. The van der Waals surface area contributed by atoms with E-state index in [4.69, 9.17) is 23.3 Å². The fourth-order valence-electron chi connectivity index (χ4n) is 1.57. The van der Waals surface area contributed by atoms with Crippen LogP contribution in [0.4, 0.5) is 0 Å². The Kier molecular flexibility index (Phi) is 2.17. The summed E-state index contributed by atoms with van der Waals surface area (Å²) in [4.78, 5) is 14.3. The Labute approximate surface area is 92.1 Å². The lowest BCUT2D eigenvalue weighted by Crippen LogP contribution is -2.03. The average Bonchev–Trinajstić information content (AvgIpc) is 2.97. The highest BCUT2D eigenvalue weighted by molar-refractivity contribution is 6.31. The third-order valence-corrected chi connectivity index (χ3v) is 2.84. The Morgan fingerprint density at radius 3 is 2.60 bits per heavy atom. The first-order valence-electron chi connectivity index (χ1n) is 4.50. The largest absolute Gasteiger partial charge is 0.478 e. The maximum Gasteiger partial charge on any atom is 0.335 e. The van der Waals surface area contributed by atoms with Gasteiger partial charge < -0.3 is 9.95 Å². The van der Waals surface area contributed by atoms with E-state index >= 15 is 0 Å². The highest BCUT2D eigenvalue weighted by Crippen LogP contribution is 2.50. The van der Waals surface area contributed by atoms with Gasteiger partial charge in [0.2, 0.25) is 0 Å². The minimum absolute atomic E-state index is 0.146. The molecule has 1 saturated carbocycles. The van der Waals surface area contributed by atoms with E-state index in [-0.39, 0.29) is 5.56 Å². The van der Waals surface area contributed by atoms with Crippen LogP contribution in [0.1, 0.15) is 28.8 Å². The zero-order valence-electron chi connectivity index (χ0n) is 7.83. The van der Waals surface area contributed by atoms with Gasteiger partial charge in [-0.05, 0) is 18.2 Å². The maximum atomic E-state index is 10.8. The Bertz CT molecular complexity index is 472. The molecule has 0 radical (unpaired) electrons. The third-order valence-electron chi connectivity index (χ3n) is 2.62. The van der Waals surface area contributed by atoms with E-state index in [1.807, 2.05) is 0 Å². The number of hydrogen-bond acceptors (Lipinski definition) is 1. The molecule has 0 aliphatic heterocycles. The molecule has 0 spiro atoms. The molecule has 15 heavy (non-hydrogen) atoms. The zero-order chi connectivity index (χ0) is 11.1. The van der Waals surface area contributed by atoms with E-state index in [1.54, 1.807) is 12.1 Å². The summed E-state index contributed by atoms with van der Waals surface area (Å²) >= 11 is 5.82. The van der Waals surface area contributed by atoms with Crippen molar-refractivity contribution in [1.29, 1.82) is 0 Å². The number of hydrogen-bond donors (Lipinski definition) is 1. The van der Waals surface area contributed by atoms with Crippen molar-refractivity contribution >= 4 is 17.6 Å². The molecule has 0 saturated heterocycles. The van der Waals surface area contributed by atoms with Gasteiger partial charge in [0.25, 0.3) is 5.54 Å². The molecule has 76 valence electrons. The maximum absolute atomic E-state index is 10.8. The smallest absolute Gasteiger partial charge is 0.335 e. The number of rotatable bonds is 2. The molecular formula is C11H8ClNO2. The van der Waals surface area contributed by atoms with Crippen LogP contribution in [-0.2, 0) is 5.54 Å². The van der Waals surface area contributed by atoms with Gasteiger partial charge in [0.05, 0.1) is 5.56 Å². The Morgan fingerprint density at radius 2 is 2.13 bits per heavy atom. The second kappa shape index (κ2) is 3.25. The first-order valence-corrected chi connectivity index (χ1v) is 4.88. The first kappa shape index (κ1) is 10.0. The van der Waals surface area contributed by atoms with Crippen LogP contribution >= 0.6 is 11.6 Å². The Hall–Kier alpha value is -1.53. The van der Waals surface area contributed by atoms with Crippen LogP contribution in [0.2, 0.25) is 5.02 Å². The number of halogens is 1. The molecule has 1 N–H and O–H groups in total. The lowest BCUT2D eigenvalue weighted by Gasteiger charge is -2.04. The van der Waals surface area contributed by atoms with Crippen LogP contribution in [0.25, 0.3) is 4.85 Å². The predicted molar refractivity (Wildman–Crippen MR) is 55.9 cm³/mol. The minimum atomic E-state index is -1.01. The van der Waals surface area contributed by atoms with E-state index in [0.29, 0.717) is 5.02 Å². The Balaban J connectivity index is 2.50. The van der Waals surface area contributed by atoms with Crippen LogP contribution in [0, 0.1) is 6.57 Å². The van der Waals surface area contributed by atoms with Crippen LogP contribution < -0.4 is 0 Å². The van der Waals surface area contributed by atoms with Gasteiger partial charge in [-0.15, -0.1) is 0 Å². The van der Waals surface area contributed by atoms with Gasteiger partial charge >= 0.3 is 5.97 Å². The van der Waals surface area contributed by atoms with E-state index in [1.165, 1.54) is 6.07 Å². The molecule has 0 heterocycles.